The Kier molecular flexibility index (Phi) is 4.35. The lowest BCUT2D eigenvalue weighted by Crippen LogP contribution is -2.13. The number of benzene rings is 1. The third-order valence-electron chi connectivity index (χ3n) is 1.91. The van der Waals surface area contributed by atoms with Gasteiger partial charge in [0.05, 0.1) is 6.61 Å². The van der Waals surface area contributed by atoms with E-state index < -0.39 is 41.2 Å². The van der Waals surface area contributed by atoms with E-state index >= 15 is 0 Å². The van der Waals surface area contributed by atoms with E-state index in [0.717, 1.165) is 0 Å². The molecule has 1 aromatic carbocycles. The maximum absolute atomic E-state index is 13.6. The van der Waals surface area contributed by atoms with Crippen molar-refractivity contribution in [1.82, 2.24) is 0 Å². The van der Waals surface area contributed by atoms with Gasteiger partial charge in [-0.2, -0.15) is 8.78 Å². The second-order valence-corrected chi connectivity index (χ2v) is 3.06. The molecule has 0 saturated heterocycles. The van der Waals surface area contributed by atoms with Gasteiger partial charge in [0.25, 0.3) is 0 Å². The fourth-order valence-electron chi connectivity index (χ4n) is 1.18. The first-order chi connectivity index (χ1) is 8.38. The van der Waals surface area contributed by atoms with Crippen molar-refractivity contribution in [3.8, 4) is 5.75 Å². The summed E-state index contributed by atoms with van der Waals surface area (Å²) in [6.07, 6.45) is 0. The van der Waals surface area contributed by atoms with Crippen LogP contribution in [-0.2, 0) is 4.74 Å². The fraction of sp³-hybridized carbons (Fsp3) is 0.300. The quantitative estimate of drug-likeness (QED) is 0.516. The molecule has 1 rings (SSSR count). The summed E-state index contributed by atoms with van der Waals surface area (Å²) in [7, 11) is 0. The van der Waals surface area contributed by atoms with E-state index in [9.17, 15) is 22.4 Å². The summed E-state index contributed by atoms with van der Waals surface area (Å²) in [5, 5.41) is 0. The van der Waals surface area contributed by atoms with E-state index in [1.807, 2.05) is 0 Å². The first-order valence-electron chi connectivity index (χ1n) is 4.77. The molecule has 0 spiro atoms. The molecule has 0 aliphatic carbocycles. The van der Waals surface area contributed by atoms with E-state index in [0.29, 0.717) is 6.07 Å². The normalized spacial score (nSPS) is 10.6. The second-order valence-electron chi connectivity index (χ2n) is 3.06. The highest BCUT2D eigenvalue weighted by Crippen LogP contribution is 2.32. The molecular weight excluding hydrogens is 258 g/mol. The van der Waals surface area contributed by atoms with Gasteiger partial charge in [-0.25, -0.2) is 13.6 Å². The van der Waals surface area contributed by atoms with E-state index in [4.69, 9.17) is 5.73 Å². The molecule has 0 aromatic heterocycles. The third-order valence-corrected chi connectivity index (χ3v) is 1.91. The topological polar surface area (TPSA) is 61.5 Å². The summed E-state index contributed by atoms with van der Waals surface area (Å²) >= 11 is 0. The van der Waals surface area contributed by atoms with Gasteiger partial charge in [-0.05, 0) is 13.0 Å². The van der Waals surface area contributed by atoms with Gasteiger partial charge in [0.2, 0.25) is 0 Å². The van der Waals surface area contributed by atoms with Gasteiger partial charge < -0.3 is 15.2 Å². The minimum atomic E-state index is -3.40. The Bertz CT molecular complexity index is 465. The van der Waals surface area contributed by atoms with Crippen molar-refractivity contribution in [1.29, 1.82) is 0 Å². The summed E-state index contributed by atoms with van der Waals surface area (Å²) in [6.45, 7) is -2.05. The highest BCUT2D eigenvalue weighted by molar-refractivity contribution is 5.91. The maximum Gasteiger partial charge on any atom is 0.387 e. The van der Waals surface area contributed by atoms with Crippen molar-refractivity contribution in [2.24, 2.45) is 0 Å². The molecule has 8 heteroatoms. The number of esters is 1. The molecule has 1 aromatic rings. The molecular formula is C10H9F4NO3. The average Bonchev–Trinajstić information content (AvgIpc) is 2.29. The fourth-order valence-corrected chi connectivity index (χ4v) is 1.18. The lowest BCUT2D eigenvalue weighted by atomic mass is 10.1. The van der Waals surface area contributed by atoms with Crippen LogP contribution in [0.3, 0.4) is 0 Å². The molecule has 0 heterocycles. The number of halogens is 4. The Morgan fingerprint density at radius 1 is 1.44 bits per heavy atom. The first kappa shape index (κ1) is 14.1. The lowest BCUT2D eigenvalue weighted by molar-refractivity contribution is -0.0519. The molecule has 4 nitrogen and oxygen atoms in total. The second kappa shape index (κ2) is 5.56. The number of hydrogen-bond donors (Lipinski definition) is 1. The third kappa shape index (κ3) is 2.82. The van der Waals surface area contributed by atoms with E-state index in [2.05, 4.69) is 9.47 Å². The molecule has 0 aliphatic rings. The smallest absolute Gasteiger partial charge is 0.387 e. The molecule has 0 saturated carbocycles. The maximum atomic E-state index is 13.6. The Balaban J connectivity index is 3.29. The Labute approximate surface area is 99.3 Å². The molecule has 0 aliphatic heterocycles. The van der Waals surface area contributed by atoms with E-state index in [1.54, 1.807) is 0 Å². The summed E-state index contributed by atoms with van der Waals surface area (Å²) in [6, 6.07) is 0.459. The summed E-state index contributed by atoms with van der Waals surface area (Å²) in [4.78, 5) is 11.3. The zero-order chi connectivity index (χ0) is 13.9. The largest absolute Gasteiger partial charge is 0.462 e. The minimum absolute atomic E-state index is 0.0880. The van der Waals surface area contributed by atoms with Gasteiger partial charge in [-0.15, -0.1) is 0 Å². The van der Waals surface area contributed by atoms with Gasteiger partial charge in [0.1, 0.15) is 11.3 Å². The van der Waals surface area contributed by atoms with Gasteiger partial charge in [-0.1, -0.05) is 0 Å². The monoisotopic (exact) mass is 267 g/mol. The molecule has 0 amide bonds. The van der Waals surface area contributed by atoms with Crippen LogP contribution in [0.4, 0.5) is 23.2 Å². The van der Waals surface area contributed by atoms with Crippen LogP contribution in [0.15, 0.2) is 6.07 Å². The predicted molar refractivity (Wildman–Crippen MR) is 53.4 cm³/mol. The lowest BCUT2D eigenvalue weighted by Gasteiger charge is -2.12. The van der Waals surface area contributed by atoms with Gasteiger partial charge in [0.15, 0.2) is 17.4 Å². The van der Waals surface area contributed by atoms with Crippen molar-refractivity contribution in [3.63, 3.8) is 0 Å². The molecule has 0 bridgehead atoms. The first-order valence-corrected chi connectivity index (χ1v) is 4.77. The van der Waals surface area contributed by atoms with Crippen LogP contribution in [0.25, 0.3) is 0 Å². The molecule has 0 unspecified atom stereocenters. The van der Waals surface area contributed by atoms with Crippen LogP contribution in [0.2, 0.25) is 0 Å². The van der Waals surface area contributed by atoms with Crippen LogP contribution >= 0.6 is 0 Å². The zero-order valence-electron chi connectivity index (χ0n) is 9.18. The van der Waals surface area contributed by atoms with Gasteiger partial charge in [0, 0.05) is 0 Å². The summed E-state index contributed by atoms with van der Waals surface area (Å²) in [5.74, 6) is -5.16. The van der Waals surface area contributed by atoms with Crippen LogP contribution < -0.4 is 10.5 Å². The average molecular weight is 267 g/mol. The van der Waals surface area contributed by atoms with Crippen LogP contribution in [-0.4, -0.2) is 19.2 Å². The molecule has 2 N–H and O–H groups in total. The SMILES string of the molecule is CCOC(=O)c1cc(F)c(N)c(OC(F)F)c1F. The molecule has 0 fully saturated rings. The Morgan fingerprint density at radius 2 is 2.06 bits per heavy atom. The summed E-state index contributed by atoms with van der Waals surface area (Å²) < 4.78 is 59.1. The number of hydrogen-bond acceptors (Lipinski definition) is 4. The number of carbonyl (C=O) groups excluding carboxylic acids is 1. The highest BCUT2D eigenvalue weighted by atomic mass is 19.3. The van der Waals surface area contributed by atoms with Crippen molar-refractivity contribution >= 4 is 11.7 Å². The molecule has 0 radical (unpaired) electrons. The van der Waals surface area contributed by atoms with Crippen molar-refractivity contribution in [2.45, 2.75) is 13.5 Å². The molecule has 100 valence electrons. The standard InChI is InChI=1S/C10H9F4NO3/c1-2-17-9(16)4-3-5(11)7(15)8(6(4)12)18-10(13)14/h3,10H,2,15H2,1H3. The number of ether oxygens (including phenoxy) is 2. The number of nitrogen functional groups attached to an aromatic ring is 1. The van der Waals surface area contributed by atoms with Gasteiger partial charge >= 0.3 is 12.6 Å². The van der Waals surface area contributed by atoms with Crippen LogP contribution in [0.1, 0.15) is 17.3 Å². The predicted octanol–water partition coefficient (Wildman–Crippen LogP) is 2.33. The zero-order valence-corrected chi connectivity index (χ0v) is 9.18. The van der Waals surface area contributed by atoms with Crippen molar-refractivity contribution in [2.75, 3.05) is 12.3 Å². The van der Waals surface area contributed by atoms with Crippen molar-refractivity contribution < 1.29 is 31.8 Å². The van der Waals surface area contributed by atoms with E-state index in [-0.39, 0.29) is 6.61 Å². The minimum Gasteiger partial charge on any atom is -0.462 e. The van der Waals surface area contributed by atoms with Crippen LogP contribution in [0, 0.1) is 11.6 Å². The van der Waals surface area contributed by atoms with Crippen LogP contribution in [0.5, 0.6) is 5.75 Å². The van der Waals surface area contributed by atoms with Gasteiger partial charge in [-0.3, -0.25) is 0 Å². The van der Waals surface area contributed by atoms with Crippen molar-refractivity contribution in [3.05, 3.63) is 23.3 Å². The Morgan fingerprint density at radius 3 is 2.56 bits per heavy atom. The summed E-state index contributed by atoms with van der Waals surface area (Å²) in [5.41, 5.74) is 3.24. The van der Waals surface area contributed by atoms with E-state index in [1.165, 1.54) is 6.92 Å². The number of alkyl halides is 2. The number of anilines is 1. The molecule has 0 atom stereocenters. The molecule has 18 heavy (non-hydrogen) atoms. The number of rotatable bonds is 4. The Hall–Kier alpha value is -1.99. The number of carbonyl (C=O) groups is 1. The number of nitrogens with two attached hydrogens (primary N) is 1. The highest BCUT2D eigenvalue weighted by Gasteiger charge is 2.25.